The Morgan fingerprint density at radius 2 is 1.92 bits per heavy atom. The molecule has 2 aliphatic rings. The van der Waals surface area contributed by atoms with Crippen LogP contribution in [0.2, 0.25) is 0 Å². The van der Waals surface area contributed by atoms with Crippen LogP contribution in [0.1, 0.15) is 25.7 Å². The van der Waals surface area contributed by atoms with Gasteiger partial charge in [-0.25, -0.2) is 0 Å². The summed E-state index contributed by atoms with van der Waals surface area (Å²) in [6.45, 7) is 2.29. The van der Waals surface area contributed by atoms with E-state index in [1.54, 1.807) is 0 Å². The van der Waals surface area contributed by atoms with Crippen molar-refractivity contribution < 1.29 is 9.90 Å². The van der Waals surface area contributed by atoms with Gasteiger partial charge in [0.05, 0.1) is 6.54 Å². The number of aliphatic carboxylic acids is 1. The first kappa shape index (κ1) is 8.05. The van der Waals surface area contributed by atoms with Crippen LogP contribution in [-0.4, -0.2) is 35.6 Å². The summed E-state index contributed by atoms with van der Waals surface area (Å²) >= 11 is 0. The predicted molar refractivity (Wildman–Crippen MR) is 45.0 cm³/mol. The van der Waals surface area contributed by atoms with Gasteiger partial charge in [0.1, 0.15) is 0 Å². The highest BCUT2D eigenvalue weighted by Crippen LogP contribution is 2.45. The number of nitrogens with zero attached hydrogens (tertiary/aromatic N) is 1. The Morgan fingerprint density at radius 1 is 1.33 bits per heavy atom. The Morgan fingerprint density at radius 3 is 2.42 bits per heavy atom. The molecule has 1 N–H and O–H groups in total. The molecule has 0 radical (unpaired) electrons. The van der Waals surface area contributed by atoms with Gasteiger partial charge in [-0.2, -0.15) is 0 Å². The van der Waals surface area contributed by atoms with Crippen LogP contribution in [0.15, 0.2) is 0 Å². The number of hydrogen-bond acceptors (Lipinski definition) is 2. The van der Waals surface area contributed by atoms with E-state index in [-0.39, 0.29) is 6.54 Å². The lowest BCUT2D eigenvalue weighted by Gasteiger charge is -2.47. The molecule has 0 bridgehead atoms. The minimum Gasteiger partial charge on any atom is -0.480 e. The van der Waals surface area contributed by atoms with Gasteiger partial charge in [0, 0.05) is 13.1 Å². The van der Waals surface area contributed by atoms with Gasteiger partial charge in [-0.15, -0.1) is 0 Å². The summed E-state index contributed by atoms with van der Waals surface area (Å²) < 4.78 is 0. The maximum atomic E-state index is 10.4. The first-order chi connectivity index (χ1) is 5.70. The fourth-order valence-corrected chi connectivity index (χ4v) is 2.65. The summed E-state index contributed by atoms with van der Waals surface area (Å²) in [7, 11) is 0. The molecule has 1 saturated carbocycles. The standard InChI is InChI=1S/C9H15NO2/c11-8(12)5-10-6-9(7-10)3-1-2-4-9/h1-7H2,(H,11,12). The van der Waals surface area contributed by atoms with Crippen molar-refractivity contribution >= 4 is 5.97 Å². The van der Waals surface area contributed by atoms with E-state index < -0.39 is 5.97 Å². The normalized spacial score (nSPS) is 27.3. The summed E-state index contributed by atoms with van der Waals surface area (Å²) in [6, 6.07) is 0. The molecule has 2 fully saturated rings. The molecule has 1 aliphatic heterocycles. The molecular formula is C9H15NO2. The Balaban J connectivity index is 1.79. The molecule has 0 aromatic carbocycles. The molecule has 1 heterocycles. The van der Waals surface area contributed by atoms with Crippen LogP contribution in [0, 0.1) is 5.41 Å². The molecule has 12 heavy (non-hydrogen) atoms. The SMILES string of the molecule is O=C(O)CN1CC2(CCCC2)C1. The Hall–Kier alpha value is -0.570. The molecule has 0 unspecified atom stereocenters. The Kier molecular flexibility index (Phi) is 1.83. The fraction of sp³-hybridized carbons (Fsp3) is 0.889. The third-order valence-electron chi connectivity index (χ3n) is 3.14. The number of hydrogen-bond donors (Lipinski definition) is 1. The summed E-state index contributed by atoms with van der Waals surface area (Å²) in [5, 5.41) is 8.54. The lowest BCUT2D eigenvalue weighted by molar-refractivity contribution is -0.141. The number of carboxylic acid groups (broad SMARTS) is 1. The van der Waals surface area contributed by atoms with Crippen molar-refractivity contribution in [3.8, 4) is 0 Å². The van der Waals surface area contributed by atoms with E-state index in [4.69, 9.17) is 5.11 Å². The molecule has 0 aromatic rings. The third-order valence-corrected chi connectivity index (χ3v) is 3.14. The molecule has 1 saturated heterocycles. The predicted octanol–water partition coefficient (Wildman–Crippen LogP) is 0.947. The highest BCUT2D eigenvalue weighted by Gasteiger charge is 2.44. The summed E-state index contributed by atoms with van der Waals surface area (Å²) in [4.78, 5) is 12.4. The fourth-order valence-electron chi connectivity index (χ4n) is 2.65. The lowest BCUT2D eigenvalue weighted by atomic mass is 9.78. The molecule has 1 spiro atoms. The Bertz CT molecular complexity index is 189. The average Bonchev–Trinajstić information content (AvgIpc) is 2.33. The van der Waals surface area contributed by atoms with Crippen molar-refractivity contribution in [2.24, 2.45) is 5.41 Å². The summed E-state index contributed by atoms with van der Waals surface area (Å²) in [5.74, 6) is -0.692. The van der Waals surface area contributed by atoms with Gasteiger partial charge in [-0.1, -0.05) is 12.8 Å². The van der Waals surface area contributed by atoms with Crippen molar-refractivity contribution in [1.29, 1.82) is 0 Å². The summed E-state index contributed by atoms with van der Waals surface area (Å²) in [6.07, 6.45) is 5.34. The van der Waals surface area contributed by atoms with Crippen LogP contribution < -0.4 is 0 Å². The number of likely N-dealkylation sites (tertiary alicyclic amines) is 1. The largest absolute Gasteiger partial charge is 0.480 e. The first-order valence-electron chi connectivity index (χ1n) is 4.64. The highest BCUT2D eigenvalue weighted by molar-refractivity contribution is 5.69. The molecule has 1 aliphatic carbocycles. The zero-order chi connectivity index (χ0) is 8.60. The first-order valence-corrected chi connectivity index (χ1v) is 4.64. The second-order valence-corrected chi connectivity index (χ2v) is 4.25. The maximum Gasteiger partial charge on any atom is 0.317 e. The quantitative estimate of drug-likeness (QED) is 0.669. The van der Waals surface area contributed by atoms with Crippen molar-refractivity contribution in [3.05, 3.63) is 0 Å². The zero-order valence-electron chi connectivity index (χ0n) is 7.25. The van der Waals surface area contributed by atoms with Crippen molar-refractivity contribution in [2.45, 2.75) is 25.7 Å². The van der Waals surface area contributed by atoms with Gasteiger partial charge in [-0.05, 0) is 18.3 Å². The second kappa shape index (κ2) is 2.73. The van der Waals surface area contributed by atoms with Crippen LogP contribution in [0.4, 0.5) is 0 Å². The van der Waals surface area contributed by atoms with Crippen molar-refractivity contribution in [2.75, 3.05) is 19.6 Å². The number of rotatable bonds is 2. The number of carboxylic acids is 1. The van der Waals surface area contributed by atoms with Gasteiger partial charge >= 0.3 is 5.97 Å². The van der Waals surface area contributed by atoms with Crippen molar-refractivity contribution in [3.63, 3.8) is 0 Å². The van der Waals surface area contributed by atoms with E-state index in [1.807, 2.05) is 4.90 Å². The number of carbonyl (C=O) groups is 1. The molecule has 68 valence electrons. The minimum absolute atomic E-state index is 0.238. The topological polar surface area (TPSA) is 40.5 Å². The Labute approximate surface area is 72.4 Å². The van der Waals surface area contributed by atoms with Gasteiger partial charge in [0.15, 0.2) is 0 Å². The highest BCUT2D eigenvalue weighted by atomic mass is 16.4. The summed E-state index contributed by atoms with van der Waals surface area (Å²) in [5.41, 5.74) is 0.537. The van der Waals surface area contributed by atoms with Crippen molar-refractivity contribution in [1.82, 2.24) is 4.90 Å². The van der Waals surface area contributed by atoms with E-state index in [1.165, 1.54) is 25.7 Å². The molecule has 0 amide bonds. The maximum absolute atomic E-state index is 10.4. The monoisotopic (exact) mass is 169 g/mol. The van der Waals surface area contributed by atoms with Crippen LogP contribution in [0.5, 0.6) is 0 Å². The van der Waals surface area contributed by atoms with E-state index in [2.05, 4.69) is 0 Å². The van der Waals surface area contributed by atoms with E-state index in [0.29, 0.717) is 5.41 Å². The smallest absolute Gasteiger partial charge is 0.317 e. The minimum atomic E-state index is -0.692. The molecule has 3 nitrogen and oxygen atoms in total. The molecule has 0 atom stereocenters. The molecule has 3 heteroatoms. The molecule has 2 rings (SSSR count). The lowest BCUT2D eigenvalue weighted by Crippen LogP contribution is -2.56. The second-order valence-electron chi connectivity index (χ2n) is 4.25. The van der Waals surface area contributed by atoms with E-state index in [0.717, 1.165) is 13.1 Å². The molecule has 0 aromatic heterocycles. The van der Waals surface area contributed by atoms with Gasteiger partial charge in [-0.3, -0.25) is 9.69 Å². The average molecular weight is 169 g/mol. The third kappa shape index (κ3) is 1.33. The van der Waals surface area contributed by atoms with Gasteiger partial charge in [0.2, 0.25) is 0 Å². The van der Waals surface area contributed by atoms with Crippen LogP contribution in [-0.2, 0) is 4.79 Å². The van der Waals surface area contributed by atoms with Crippen LogP contribution in [0.25, 0.3) is 0 Å². The van der Waals surface area contributed by atoms with Gasteiger partial charge in [0.25, 0.3) is 0 Å². The zero-order valence-corrected chi connectivity index (χ0v) is 7.25. The molecular weight excluding hydrogens is 154 g/mol. The van der Waals surface area contributed by atoms with Crippen LogP contribution in [0.3, 0.4) is 0 Å². The van der Waals surface area contributed by atoms with E-state index in [9.17, 15) is 4.79 Å². The van der Waals surface area contributed by atoms with Crippen LogP contribution >= 0.6 is 0 Å². The van der Waals surface area contributed by atoms with E-state index >= 15 is 0 Å². The van der Waals surface area contributed by atoms with Gasteiger partial charge < -0.3 is 5.11 Å².